The predicted octanol–water partition coefficient (Wildman–Crippen LogP) is 3.11. The van der Waals surface area contributed by atoms with Gasteiger partial charge in [-0.3, -0.25) is 9.59 Å². The highest BCUT2D eigenvalue weighted by atomic mass is 19.1. The number of rotatable bonds is 5. The van der Waals surface area contributed by atoms with E-state index in [4.69, 9.17) is 5.26 Å². The summed E-state index contributed by atoms with van der Waals surface area (Å²) in [7, 11) is 0. The highest BCUT2D eigenvalue weighted by molar-refractivity contribution is 5.95. The van der Waals surface area contributed by atoms with Crippen molar-refractivity contribution in [2.45, 2.75) is 25.3 Å². The molecule has 1 heterocycles. The minimum absolute atomic E-state index is 0.0292. The number of carbonyl (C=O) groups is 2. The van der Waals surface area contributed by atoms with Crippen LogP contribution >= 0.6 is 0 Å². The second kappa shape index (κ2) is 7.43. The summed E-state index contributed by atoms with van der Waals surface area (Å²) in [5.41, 5.74) is 1.87. The first-order chi connectivity index (χ1) is 13.5. The van der Waals surface area contributed by atoms with Crippen LogP contribution in [-0.4, -0.2) is 35.8 Å². The fraction of sp³-hybridized carbons (Fsp3) is 0.318. The van der Waals surface area contributed by atoms with Gasteiger partial charge in [-0.2, -0.15) is 5.26 Å². The van der Waals surface area contributed by atoms with Gasteiger partial charge in [0.2, 0.25) is 5.91 Å². The molecule has 142 valence electrons. The van der Waals surface area contributed by atoms with Gasteiger partial charge in [0, 0.05) is 37.0 Å². The molecule has 0 bridgehead atoms. The summed E-state index contributed by atoms with van der Waals surface area (Å²) in [5.74, 6) is -0.433. The van der Waals surface area contributed by atoms with Gasteiger partial charge >= 0.3 is 0 Å². The van der Waals surface area contributed by atoms with Crippen LogP contribution in [0.15, 0.2) is 42.5 Å². The van der Waals surface area contributed by atoms with Crippen molar-refractivity contribution in [3.05, 3.63) is 59.4 Å². The van der Waals surface area contributed by atoms with Gasteiger partial charge in [-0.15, -0.1) is 0 Å². The van der Waals surface area contributed by atoms with Gasteiger partial charge in [0.15, 0.2) is 0 Å². The van der Waals surface area contributed by atoms with Gasteiger partial charge in [-0.1, -0.05) is 18.2 Å². The van der Waals surface area contributed by atoms with Gasteiger partial charge in [0.25, 0.3) is 5.91 Å². The molecule has 2 aromatic rings. The number of likely N-dealkylation sites (tertiary alicyclic amines) is 1. The van der Waals surface area contributed by atoms with Crippen LogP contribution in [0, 0.1) is 23.1 Å². The third-order valence-electron chi connectivity index (χ3n) is 5.32. The third-order valence-corrected chi connectivity index (χ3v) is 5.32. The molecule has 1 saturated carbocycles. The summed E-state index contributed by atoms with van der Waals surface area (Å²) < 4.78 is 13.5. The zero-order valence-corrected chi connectivity index (χ0v) is 15.3. The van der Waals surface area contributed by atoms with Gasteiger partial charge in [0.1, 0.15) is 11.9 Å². The van der Waals surface area contributed by atoms with Crippen LogP contribution in [0.5, 0.6) is 0 Å². The number of hydrogen-bond donors (Lipinski definition) is 1. The highest BCUT2D eigenvalue weighted by Crippen LogP contribution is 2.32. The Morgan fingerprint density at radius 3 is 2.75 bits per heavy atom. The Morgan fingerprint density at radius 2 is 2.00 bits per heavy atom. The average molecular weight is 377 g/mol. The molecule has 4 rings (SSSR count). The summed E-state index contributed by atoms with van der Waals surface area (Å²) in [6, 6.07) is 13.6. The van der Waals surface area contributed by atoms with E-state index in [9.17, 15) is 14.0 Å². The van der Waals surface area contributed by atoms with E-state index in [2.05, 4.69) is 5.32 Å². The molecule has 2 fully saturated rings. The van der Waals surface area contributed by atoms with Crippen molar-refractivity contribution in [1.29, 1.82) is 5.26 Å². The van der Waals surface area contributed by atoms with Crippen LogP contribution in [0.4, 0.5) is 4.39 Å². The molecule has 0 spiro atoms. The van der Waals surface area contributed by atoms with E-state index in [1.165, 1.54) is 12.1 Å². The Bertz CT molecular complexity index is 978. The SMILES string of the molecule is N#Cc1cc(-c2cccc(C(=O)NC[C@H]3CC(=O)N(C4CC4)C3)c2)ccc1F. The average Bonchev–Trinajstić information content (AvgIpc) is 3.49. The van der Waals surface area contributed by atoms with E-state index >= 15 is 0 Å². The number of halogens is 1. The molecule has 0 radical (unpaired) electrons. The predicted molar refractivity (Wildman–Crippen MR) is 102 cm³/mol. The first kappa shape index (κ1) is 18.2. The largest absolute Gasteiger partial charge is 0.352 e. The number of carbonyl (C=O) groups excluding carboxylic acids is 2. The lowest BCUT2D eigenvalue weighted by atomic mass is 10.0. The second-order valence-electron chi connectivity index (χ2n) is 7.44. The van der Waals surface area contributed by atoms with Crippen molar-refractivity contribution in [3.8, 4) is 17.2 Å². The van der Waals surface area contributed by atoms with Crippen molar-refractivity contribution >= 4 is 11.8 Å². The van der Waals surface area contributed by atoms with Crippen LogP contribution in [0.3, 0.4) is 0 Å². The zero-order chi connectivity index (χ0) is 19.7. The molecule has 5 nitrogen and oxygen atoms in total. The molecular weight excluding hydrogens is 357 g/mol. The summed E-state index contributed by atoms with van der Waals surface area (Å²) >= 11 is 0. The van der Waals surface area contributed by atoms with Crippen molar-refractivity contribution in [3.63, 3.8) is 0 Å². The molecule has 1 aliphatic carbocycles. The van der Waals surface area contributed by atoms with Crippen LogP contribution in [0.2, 0.25) is 0 Å². The summed E-state index contributed by atoms with van der Waals surface area (Å²) in [6.07, 6.45) is 2.67. The smallest absolute Gasteiger partial charge is 0.251 e. The van der Waals surface area contributed by atoms with E-state index < -0.39 is 5.82 Å². The number of nitrogens with one attached hydrogen (secondary N) is 1. The van der Waals surface area contributed by atoms with Gasteiger partial charge in [-0.05, 0) is 48.2 Å². The Labute approximate surface area is 162 Å². The molecule has 0 unspecified atom stereocenters. The molecule has 2 amide bonds. The maximum atomic E-state index is 13.5. The lowest BCUT2D eigenvalue weighted by Crippen LogP contribution is -2.32. The number of nitrogens with zero attached hydrogens (tertiary/aromatic N) is 2. The standard InChI is InChI=1S/C22H20FN3O2/c23-20-7-4-16(10-18(20)11-24)15-2-1-3-17(9-15)22(28)25-12-14-8-21(27)26(13-14)19-5-6-19/h1-4,7,9-10,14,19H,5-6,8,12-13H2,(H,25,28)/t14-/m1/s1. The summed E-state index contributed by atoms with van der Waals surface area (Å²) in [6.45, 7) is 1.18. The molecule has 2 aromatic carbocycles. The topological polar surface area (TPSA) is 73.2 Å². The number of benzene rings is 2. The lowest BCUT2D eigenvalue weighted by Gasteiger charge is -2.15. The van der Waals surface area contributed by atoms with Crippen LogP contribution < -0.4 is 5.32 Å². The van der Waals surface area contributed by atoms with Crippen molar-refractivity contribution in [2.24, 2.45) is 5.92 Å². The van der Waals surface area contributed by atoms with Crippen molar-refractivity contribution in [1.82, 2.24) is 10.2 Å². The Balaban J connectivity index is 1.42. The second-order valence-corrected chi connectivity index (χ2v) is 7.44. The summed E-state index contributed by atoms with van der Waals surface area (Å²) in [5, 5.41) is 11.9. The van der Waals surface area contributed by atoms with Crippen LogP contribution in [0.25, 0.3) is 11.1 Å². The Kier molecular flexibility index (Phi) is 4.82. The highest BCUT2D eigenvalue weighted by Gasteiger charge is 2.39. The minimum Gasteiger partial charge on any atom is -0.352 e. The Morgan fingerprint density at radius 1 is 1.21 bits per heavy atom. The molecule has 1 N–H and O–H groups in total. The number of hydrogen-bond acceptors (Lipinski definition) is 3. The van der Waals surface area contributed by atoms with E-state index in [0.717, 1.165) is 24.9 Å². The maximum absolute atomic E-state index is 13.5. The molecular formula is C22H20FN3O2. The monoisotopic (exact) mass is 377 g/mol. The fourth-order valence-corrected chi connectivity index (χ4v) is 3.65. The van der Waals surface area contributed by atoms with Gasteiger partial charge in [-0.25, -0.2) is 4.39 Å². The van der Waals surface area contributed by atoms with Crippen LogP contribution in [0.1, 0.15) is 35.2 Å². The van der Waals surface area contributed by atoms with E-state index in [-0.39, 0.29) is 23.3 Å². The zero-order valence-electron chi connectivity index (χ0n) is 15.3. The molecule has 1 aliphatic heterocycles. The van der Waals surface area contributed by atoms with Gasteiger partial charge < -0.3 is 10.2 Å². The molecule has 1 atom stereocenters. The molecule has 28 heavy (non-hydrogen) atoms. The fourth-order valence-electron chi connectivity index (χ4n) is 3.65. The summed E-state index contributed by atoms with van der Waals surface area (Å²) in [4.78, 5) is 26.5. The normalized spacial score (nSPS) is 18.8. The molecule has 1 saturated heterocycles. The minimum atomic E-state index is -0.563. The van der Waals surface area contributed by atoms with Gasteiger partial charge in [0.05, 0.1) is 5.56 Å². The van der Waals surface area contributed by atoms with E-state index in [1.54, 1.807) is 24.3 Å². The number of amides is 2. The van der Waals surface area contributed by atoms with Crippen molar-refractivity contribution < 1.29 is 14.0 Å². The van der Waals surface area contributed by atoms with E-state index in [0.29, 0.717) is 30.1 Å². The maximum Gasteiger partial charge on any atom is 0.251 e. The molecule has 6 heteroatoms. The van der Waals surface area contributed by atoms with Crippen molar-refractivity contribution in [2.75, 3.05) is 13.1 Å². The lowest BCUT2D eigenvalue weighted by molar-refractivity contribution is -0.128. The molecule has 0 aromatic heterocycles. The van der Waals surface area contributed by atoms with Crippen LogP contribution in [-0.2, 0) is 4.79 Å². The first-order valence-corrected chi connectivity index (χ1v) is 9.43. The quantitative estimate of drug-likeness (QED) is 0.870. The number of nitriles is 1. The Hall–Kier alpha value is -3.20. The molecule has 2 aliphatic rings. The third kappa shape index (κ3) is 3.74. The van der Waals surface area contributed by atoms with E-state index in [1.807, 2.05) is 17.0 Å². The first-order valence-electron chi connectivity index (χ1n) is 9.43.